The van der Waals surface area contributed by atoms with E-state index in [0.717, 1.165) is 17.7 Å². The lowest BCUT2D eigenvalue weighted by Gasteiger charge is -2.35. The van der Waals surface area contributed by atoms with Crippen molar-refractivity contribution in [2.24, 2.45) is 5.92 Å². The van der Waals surface area contributed by atoms with Crippen LogP contribution in [0, 0.1) is 5.92 Å². The van der Waals surface area contributed by atoms with Crippen molar-refractivity contribution in [3.05, 3.63) is 41.9 Å². The predicted octanol–water partition coefficient (Wildman–Crippen LogP) is 3.53. The first-order valence-electron chi connectivity index (χ1n) is 11.9. The standard InChI is InChI=1S/C26H38N4O3/c1-19(2)16-20-6-8-21(9-7-20)22-17-27-24(33-22)10-11-25(32)30-14-12-29(13-15-30)18-23(31)28-26(3,4)5/h6-9,17,19H,10-16,18H2,1-5H3,(H,28,31). The summed E-state index contributed by atoms with van der Waals surface area (Å²) in [5.41, 5.74) is 2.08. The lowest BCUT2D eigenvalue weighted by molar-refractivity contribution is -0.133. The predicted molar refractivity (Wildman–Crippen MR) is 130 cm³/mol. The molecule has 7 nitrogen and oxygen atoms in total. The Bertz CT molecular complexity index is 920. The van der Waals surface area contributed by atoms with Crippen molar-refractivity contribution in [1.82, 2.24) is 20.1 Å². The van der Waals surface area contributed by atoms with Gasteiger partial charge in [-0.15, -0.1) is 0 Å². The zero-order valence-electron chi connectivity index (χ0n) is 20.7. The Morgan fingerprint density at radius 2 is 1.76 bits per heavy atom. The highest BCUT2D eigenvalue weighted by atomic mass is 16.4. The van der Waals surface area contributed by atoms with Crippen LogP contribution in [0.5, 0.6) is 0 Å². The zero-order valence-corrected chi connectivity index (χ0v) is 20.7. The molecule has 1 aliphatic heterocycles. The number of oxazole rings is 1. The van der Waals surface area contributed by atoms with Crippen LogP contribution < -0.4 is 5.32 Å². The first kappa shape index (κ1) is 25.0. The van der Waals surface area contributed by atoms with Gasteiger partial charge in [0.05, 0.1) is 12.7 Å². The number of carbonyl (C=O) groups excluding carboxylic acids is 2. The van der Waals surface area contributed by atoms with Crippen LogP contribution in [0.25, 0.3) is 11.3 Å². The molecule has 1 N–H and O–H groups in total. The summed E-state index contributed by atoms with van der Waals surface area (Å²) in [7, 11) is 0. The second-order valence-corrected chi connectivity index (χ2v) is 10.4. The summed E-state index contributed by atoms with van der Waals surface area (Å²) < 4.78 is 5.89. The summed E-state index contributed by atoms with van der Waals surface area (Å²) in [6, 6.07) is 8.39. The van der Waals surface area contributed by atoms with Gasteiger partial charge in [0.1, 0.15) is 0 Å². The monoisotopic (exact) mass is 454 g/mol. The van der Waals surface area contributed by atoms with Gasteiger partial charge in [0.2, 0.25) is 11.8 Å². The van der Waals surface area contributed by atoms with Crippen LogP contribution in [0.2, 0.25) is 0 Å². The van der Waals surface area contributed by atoms with Crippen molar-refractivity contribution in [2.45, 2.75) is 59.4 Å². The van der Waals surface area contributed by atoms with Crippen molar-refractivity contribution < 1.29 is 14.0 Å². The molecule has 1 saturated heterocycles. The van der Waals surface area contributed by atoms with E-state index in [1.165, 1.54) is 5.56 Å². The molecular formula is C26H38N4O3. The molecule has 0 atom stereocenters. The van der Waals surface area contributed by atoms with E-state index in [4.69, 9.17) is 4.42 Å². The fourth-order valence-corrected chi connectivity index (χ4v) is 4.02. The molecule has 0 radical (unpaired) electrons. The third kappa shape index (κ3) is 8.00. The number of carbonyl (C=O) groups is 2. The molecular weight excluding hydrogens is 416 g/mol. The number of aryl methyl sites for hydroxylation is 1. The fourth-order valence-electron chi connectivity index (χ4n) is 4.02. The number of nitrogens with zero attached hydrogens (tertiary/aromatic N) is 3. The highest BCUT2D eigenvalue weighted by Gasteiger charge is 2.24. The Kier molecular flexibility index (Phi) is 8.30. The Hall–Kier alpha value is -2.67. The minimum absolute atomic E-state index is 0.0246. The molecule has 2 aromatic rings. The molecule has 1 aromatic carbocycles. The van der Waals surface area contributed by atoms with Crippen molar-refractivity contribution in [3.63, 3.8) is 0 Å². The number of piperazine rings is 1. The second kappa shape index (κ2) is 11.0. The molecule has 0 unspecified atom stereocenters. The molecule has 1 aliphatic rings. The second-order valence-electron chi connectivity index (χ2n) is 10.4. The van der Waals surface area contributed by atoms with Crippen LogP contribution in [0.1, 0.15) is 52.5 Å². The quantitative estimate of drug-likeness (QED) is 0.660. The average molecular weight is 455 g/mol. The van der Waals surface area contributed by atoms with E-state index in [1.54, 1.807) is 6.20 Å². The van der Waals surface area contributed by atoms with Crippen molar-refractivity contribution in [2.75, 3.05) is 32.7 Å². The maximum Gasteiger partial charge on any atom is 0.234 e. The van der Waals surface area contributed by atoms with Gasteiger partial charge >= 0.3 is 0 Å². The molecule has 7 heteroatoms. The first-order chi connectivity index (χ1) is 15.6. The van der Waals surface area contributed by atoms with E-state index in [9.17, 15) is 9.59 Å². The Morgan fingerprint density at radius 1 is 1.09 bits per heavy atom. The van der Waals surface area contributed by atoms with Crippen molar-refractivity contribution in [1.29, 1.82) is 0 Å². The SMILES string of the molecule is CC(C)Cc1ccc(-c2cnc(CCC(=O)N3CCN(CC(=O)NC(C)(C)C)CC3)o2)cc1. The summed E-state index contributed by atoms with van der Waals surface area (Å²) in [5.74, 6) is 2.07. The number of nitrogens with one attached hydrogen (secondary N) is 1. The van der Waals surface area contributed by atoms with Crippen LogP contribution in [-0.4, -0.2) is 64.9 Å². The molecule has 33 heavy (non-hydrogen) atoms. The number of rotatable bonds is 8. The van der Waals surface area contributed by atoms with E-state index < -0.39 is 0 Å². The third-order valence-corrected chi connectivity index (χ3v) is 5.60. The molecule has 3 rings (SSSR count). The van der Waals surface area contributed by atoms with Crippen LogP contribution in [-0.2, 0) is 22.4 Å². The molecule has 0 aliphatic carbocycles. The van der Waals surface area contributed by atoms with Gasteiger partial charge in [-0.2, -0.15) is 0 Å². The number of aromatic nitrogens is 1. The molecule has 2 heterocycles. The van der Waals surface area contributed by atoms with Gasteiger partial charge in [-0.05, 0) is 38.7 Å². The van der Waals surface area contributed by atoms with E-state index >= 15 is 0 Å². The van der Waals surface area contributed by atoms with E-state index in [0.29, 0.717) is 57.4 Å². The van der Waals surface area contributed by atoms with E-state index in [-0.39, 0.29) is 17.4 Å². The maximum absolute atomic E-state index is 12.6. The summed E-state index contributed by atoms with van der Waals surface area (Å²) in [4.78, 5) is 33.1. The van der Waals surface area contributed by atoms with Gasteiger partial charge in [0.25, 0.3) is 0 Å². The Labute approximate surface area is 197 Å². The lowest BCUT2D eigenvalue weighted by Crippen LogP contribution is -2.52. The third-order valence-electron chi connectivity index (χ3n) is 5.60. The summed E-state index contributed by atoms with van der Waals surface area (Å²) in [6.07, 6.45) is 3.65. The summed E-state index contributed by atoms with van der Waals surface area (Å²) in [6.45, 7) is 13.4. The van der Waals surface area contributed by atoms with Crippen LogP contribution in [0.3, 0.4) is 0 Å². The lowest BCUT2D eigenvalue weighted by atomic mass is 10.0. The molecule has 0 saturated carbocycles. The maximum atomic E-state index is 12.6. The van der Waals surface area contributed by atoms with Gasteiger partial charge in [-0.25, -0.2) is 4.98 Å². The first-order valence-corrected chi connectivity index (χ1v) is 11.9. The molecule has 180 valence electrons. The molecule has 0 spiro atoms. The van der Waals surface area contributed by atoms with Crippen LogP contribution in [0.4, 0.5) is 0 Å². The number of hydrogen-bond donors (Lipinski definition) is 1. The van der Waals surface area contributed by atoms with Gasteiger partial charge in [-0.3, -0.25) is 14.5 Å². The largest absolute Gasteiger partial charge is 0.441 e. The van der Waals surface area contributed by atoms with Gasteiger partial charge < -0.3 is 14.6 Å². The van der Waals surface area contributed by atoms with Crippen molar-refractivity contribution >= 4 is 11.8 Å². The molecule has 1 aromatic heterocycles. The zero-order chi connectivity index (χ0) is 24.0. The fraction of sp³-hybridized carbons (Fsp3) is 0.577. The molecule has 0 bridgehead atoms. The van der Waals surface area contributed by atoms with E-state index in [1.807, 2.05) is 25.7 Å². The Balaban J connectivity index is 1.43. The Morgan fingerprint density at radius 3 is 2.36 bits per heavy atom. The highest BCUT2D eigenvalue weighted by molar-refractivity contribution is 5.79. The minimum atomic E-state index is -0.230. The molecule has 2 amide bonds. The molecule has 1 fully saturated rings. The normalized spacial score (nSPS) is 15.2. The van der Waals surface area contributed by atoms with E-state index in [2.05, 4.69) is 53.3 Å². The van der Waals surface area contributed by atoms with Gasteiger partial charge in [-0.1, -0.05) is 38.1 Å². The topological polar surface area (TPSA) is 78.7 Å². The average Bonchev–Trinajstić information content (AvgIpc) is 3.20. The van der Waals surface area contributed by atoms with Crippen molar-refractivity contribution in [3.8, 4) is 11.3 Å². The number of benzene rings is 1. The minimum Gasteiger partial charge on any atom is -0.441 e. The van der Waals surface area contributed by atoms with Crippen LogP contribution >= 0.6 is 0 Å². The van der Waals surface area contributed by atoms with Gasteiger partial charge in [0, 0.05) is 50.1 Å². The summed E-state index contributed by atoms with van der Waals surface area (Å²) in [5, 5.41) is 2.98. The summed E-state index contributed by atoms with van der Waals surface area (Å²) >= 11 is 0. The van der Waals surface area contributed by atoms with Gasteiger partial charge in [0.15, 0.2) is 11.7 Å². The number of amides is 2. The number of hydrogen-bond acceptors (Lipinski definition) is 5. The van der Waals surface area contributed by atoms with Crippen LogP contribution in [0.15, 0.2) is 34.9 Å². The highest BCUT2D eigenvalue weighted by Crippen LogP contribution is 2.22. The smallest absolute Gasteiger partial charge is 0.234 e.